The molecular formula is C20H26N2O3S. The number of rotatable bonds is 7. The zero-order valence-corrected chi connectivity index (χ0v) is 16.5. The fourth-order valence-electron chi connectivity index (χ4n) is 3.03. The molecule has 0 aromatic heterocycles. The first-order chi connectivity index (χ1) is 12.2. The predicted molar refractivity (Wildman–Crippen MR) is 106 cm³/mol. The topological polar surface area (TPSA) is 66.5 Å². The van der Waals surface area contributed by atoms with Gasteiger partial charge in [0.1, 0.15) is 0 Å². The summed E-state index contributed by atoms with van der Waals surface area (Å²) in [5.41, 5.74) is 3.76. The molecule has 5 nitrogen and oxygen atoms in total. The van der Waals surface area contributed by atoms with Gasteiger partial charge in [-0.15, -0.1) is 0 Å². The van der Waals surface area contributed by atoms with E-state index in [1.807, 2.05) is 69.3 Å². The number of aryl methyl sites for hydroxylation is 2. The molecule has 2 aromatic carbocycles. The lowest BCUT2D eigenvalue weighted by Crippen LogP contribution is -2.35. The first-order valence-electron chi connectivity index (χ1n) is 8.57. The average Bonchev–Trinajstić information content (AvgIpc) is 2.53. The van der Waals surface area contributed by atoms with E-state index < -0.39 is 10.0 Å². The van der Waals surface area contributed by atoms with Crippen LogP contribution in [0.15, 0.2) is 48.5 Å². The average molecular weight is 375 g/mol. The summed E-state index contributed by atoms with van der Waals surface area (Å²) in [7, 11) is -3.44. The van der Waals surface area contributed by atoms with Gasteiger partial charge in [-0.1, -0.05) is 36.4 Å². The maximum Gasteiger partial charge on any atom is 0.225 e. The number of carbonyl (C=O) groups excluding carboxylic acids is 1. The quantitative estimate of drug-likeness (QED) is 0.804. The van der Waals surface area contributed by atoms with Crippen molar-refractivity contribution in [2.24, 2.45) is 0 Å². The molecule has 0 aliphatic rings. The SMILES string of the molecule is Cc1cc(C)cc(NC(=O)CCN(C(C)c2ccccc2)S(C)(=O)=O)c1. The third kappa shape index (κ3) is 5.68. The van der Waals surface area contributed by atoms with E-state index in [0.29, 0.717) is 0 Å². The number of hydrogen-bond acceptors (Lipinski definition) is 3. The zero-order chi connectivity index (χ0) is 19.3. The summed E-state index contributed by atoms with van der Waals surface area (Å²) in [6, 6.07) is 14.9. The summed E-state index contributed by atoms with van der Waals surface area (Å²) < 4.78 is 25.8. The normalized spacial score (nSPS) is 12.8. The van der Waals surface area contributed by atoms with Crippen LogP contribution in [0.25, 0.3) is 0 Å². The van der Waals surface area contributed by atoms with E-state index in [1.165, 1.54) is 10.6 Å². The Morgan fingerprint density at radius 3 is 2.19 bits per heavy atom. The van der Waals surface area contributed by atoms with Gasteiger partial charge in [-0.2, -0.15) is 4.31 Å². The summed E-state index contributed by atoms with van der Waals surface area (Å²) >= 11 is 0. The Morgan fingerprint density at radius 2 is 1.65 bits per heavy atom. The van der Waals surface area contributed by atoms with Crippen molar-refractivity contribution in [3.05, 3.63) is 65.2 Å². The molecule has 1 unspecified atom stereocenters. The van der Waals surface area contributed by atoms with E-state index in [1.54, 1.807) is 0 Å². The van der Waals surface area contributed by atoms with Gasteiger partial charge >= 0.3 is 0 Å². The van der Waals surface area contributed by atoms with Crippen molar-refractivity contribution < 1.29 is 13.2 Å². The molecule has 0 saturated heterocycles. The Hall–Kier alpha value is -2.18. The van der Waals surface area contributed by atoms with Gasteiger partial charge in [0.05, 0.1) is 6.26 Å². The summed E-state index contributed by atoms with van der Waals surface area (Å²) in [6.07, 6.45) is 1.27. The summed E-state index contributed by atoms with van der Waals surface area (Å²) in [4.78, 5) is 12.3. The molecule has 2 aromatic rings. The molecule has 0 aliphatic carbocycles. The van der Waals surface area contributed by atoms with E-state index >= 15 is 0 Å². The Morgan fingerprint density at radius 1 is 1.08 bits per heavy atom. The third-order valence-electron chi connectivity index (χ3n) is 4.20. The molecule has 26 heavy (non-hydrogen) atoms. The number of benzene rings is 2. The molecule has 1 N–H and O–H groups in total. The van der Waals surface area contributed by atoms with Crippen molar-refractivity contribution in [2.75, 3.05) is 18.1 Å². The number of amides is 1. The maximum absolute atomic E-state index is 12.3. The Labute approximate surface area is 156 Å². The van der Waals surface area contributed by atoms with Gasteiger partial charge in [0.25, 0.3) is 0 Å². The molecule has 2 rings (SSSR count). The Bertz CT molecular complexity index is 844. The van der Waals surface area contributed by atoms with Gasteiger partial charge in [-0.3, -0.25) is 4.79 Å². The highest BCUT2D eigenvalue weighted by Gasteiger charge is 2.25. The van der Waals surface area contributed by atoms with E-state index in [0.717, 1.165) is 22.4 Å². The van der Waals surface area contributed by atoms with Gasteiger partial charge in [0.2, 0.25) is 15.9 Å². The Kier molecular flexibility index (Phi) is 6.56. The minimum atomic E-state index is -3.44. The summed E-state index contributed by atoms with van der Waals surface area (Å²) in [5.74, 6) is -0.205. The third-order valence-corrected chi connectivity index (χ3v) is 5.56. The minimum Gasteiger partial charge on any atom is -0.326 e. The summed E-state index contributed by atoms with van der Waals surface area (Å²) in [5, 5.41) is 2.85. The number of nitrogens with zero attached hydrogens (tertiary/aromatic N) is 1. The second-order valence-electron chi connectivity index (χ2n) is 6.63. The largest absolute Gasteiger partial charge is 0.326 e. The molecule has 0 spiro atoms. The van der Waals surface area contributed by atoms with Crippen LogP contribution in [0, 0.1) is 13.8 Å². The van der Waals surface area contributed by atoms with Crippen molar-refractivity contribution in [1.29, 1.82) is 0 Å². The molecule has 1 atom stereocenters. The van der Waals surface area contributed by atoms with Crippen molar-refractivity contribution in [3.8, 4) is 0 Å². The first kappa shape index (κ1) is 20.1. The van der Waals surface area contributed by atoms with Gasteiger partial charge in [-0.25, -0.2) is 8.42 Å². The van der Waals surface area contributed by atoms with E-state index in [2.05, 4.69) is 5.32 Å². The molecule has 0 bridgehead atoms. The fraction of sp³-hybridized carbons (Fsp3) is 0.350. The van der Waals surface area contributed by atoms with Gasteiger partial charge < -0.3 is 5.32 Å². The zero-order valence-electron chi connectivity index (χ0n) is 15.7. The number of carbonyl (C=O) groups is 1. The van der Waals surface area contributed by atoms with Crippen LogP contribution in [0.3, 0.4) is 0 Å². The second-order valence-corrected chi connectivity index (χ2v) is 8.57. The molecule has 6 heteroatoms. The Balaban J connectivity index is 2.06. The molecule has 0 saturated carbocycles. The highest BCUT2D eigenvalue weighted by molar-refractivity contribution is 7.88. The van der Waals surface area contributed by atoms with E-state index in [9.17, 15) is 13.2 Å². The smallest absolute Gasteiger partial charge is 0.225 e. The van der Waals surface area contributed by atoms with Crippen LogP contribution >= 0.6 is 0 Å². The molecule has 0 radical (unpaired) electrons. The van der Waals surface area contributed by atoms with Crippen LogP contribution in [-0.4, -0.2) is 31.4 Å². The van der Waals surface area contributed by atoms with Crippen LogP contribution in [0.5, 0.6) is 0 Å². The van der Waals surface area contributed by atoms with E-state index in [4.69, 9.17) is 0 Å². The number of nitrogens with one attached hydrogen (secondary N) is 1. The number of anilines is 1. The highest BCUT2D eigenvalue weighted by atomic mass is 32.2. The van der Waals surface area contributed by atoms with Gasteiger partial charge in [0, 0.05) is 24.7 Å². The maximum atomic E-state index is 12.3. The van der Waals surface area contributed by atoms with Gasteiger partial charge in [-0.05, 0) is 49.6 Å². The molecule has 1 amide bonds. The lowest BCUT2D eigenvalue weighted by molar-refractivity contribution is -0.116. The highest BCUT2D eigenvalue weighted by Crippen LogP contribution is 2.23. The first-order valence-corrected chi connectivity index (χ1v) is 10.4. The monoisotopic (exact) mass is 374 g/mol. The molecule has 140 valence electrons. The number of hydrogen-bond donors (Lipinski definition) is 1. The standard InChI is InChI=1S/C20H26N2O3S/c1-15-12-16(2)14-19(13-15)21-20(23)10-11-22(26(4,24)25)17(3)18-8-6-5-7-9-18/h5-9,12-14,17H,10-11H2,1-4H3,(H,21,23). The van der Waals surface area contributed by atoms with Crippen LogP contribution in [0.4, 0.5) is 5.69 Å². The van der Waals surface area contributed by atoms with Crippen molar-refractivity contribution in [2.45, 2.75) is 33.2 Å². The second kappa shape index (κ2) is 8.47. The molecule has 0 fully saturated rings. The lowest BCUT2D eigenvalue weighted by atomic mass is 10.1. The van der Waals surface area contributed by atoms with Crippen molar-refractivity contribution >= 4 is 21.6 Å². The number of sulfonamides is 1. The fourth-order valence-corrected chi connectivity index (χ4v) is 4.15. The molecule has 0 aliphatic heterocycles. The minimum absolute atomic E-state index is 0.0945. The van der Waals surface area contributed by atoms with Crippen molar-refractivity contribution in [3.63, 3.8) is 0 Å². The van der Waals surface area contributed by atoms with Crippen molar-refractivity contribution in [1.82, 2.24) is 4.31 Å². The predicted octanol–water partition coefficient (Wildman–Crippen LogP) is 3.65. The molecular weight excluding hydrogens is 348 g/mol. The van der Waals surface area contributed by atoms with Gasteiger partial charge in [0.15, 0.2) is 0 Å². The van der Waals surface area contributed by atoms with Crippen LogP contribution in [-0.2, 0) is 14.8 Å². The van der Waals surface area contributed by atoms with Crippen LogP contribution in [0.2, 0.25) is 0 Å². The molecule has 0 heterocycles. The summed E-state index contributed by atoms with van der Waals surface area (Å²) in [6.45, 7) is 5.90. The van der Waals surface area contributed by atoms with Crippen LogP contribution in [0.1, 0.15) is 36.1 Å². The van der Waals surface area contributed by atoms with Crippen LogP contribution < -0.4 is 5.32 Å². The van der Waals surface area contributed by atoms with E-state index in [-0.39, 0.29) is 24.9 Å². The lowest BCUT2D eigenvalue weighted by Gasteiger charge is -2.27.